The smallest absolute Gasteiger partial charge is 0.348 e. The van der Waals surface area contributed by atoms with Crippen LogP contribution < -0.4 is 0 Å². The number of carbonyl (C=O) groups is 2. The number of nitroso groups, excluding NO2 is 1. The molecular weight excluding hydrogens is 154 g/mol. The van der Waals surface area contributed by atoms with Crippen LogP contribution in [0, 0.1) is 4.91 Å². The highest BCUT2D eigenvalue weighted by molar-refractivity contribution is 6.15. The molecule has 6 heteroatoms. The van der Waals surface area contributed by atoms with Gasteiger partial charge in [0, 0.05) is 0 Å². The van der Waals surface area contributed by atoms with Crippen LogP contribution in [-0.4, -0.2) is 23.7 Å². The van der Waals surface area contributed by atoms with E-state index in [4.69, 9.17) is 5.11 Å². The van der Waals surface area contributed by atoms with Gasteiger partial charge in [-0.2, -0.15) is 0 Å². The topological polar surface area (TPSA) is 93.0 Å². The molecule has 0 atom stereocenters. The summed E-state index contributed by atoms with van der Waals surface area (Å²) in [6.45, 7) is -0.343. The second-order valence-electron chi connectivity index (χ2n) is 1.79. The minimum Gasteiger partial charge on any atom is -0.477 e. The summed E-state index contributed by atoms with van der Waals surface area (Å²) in [5, 5.41) is 10.7. The average Bonchev–Trinajstić information content (AvgIpc) is 2.30. The van der Waals surface area contributed by atoms with Crippen molar-refractivity contribution in [3.05, 3.63) is 16.2 Å². The van der Waals surface area contributed by atoms with E-state index >= 15 is 0 Å². The van der Waals surface area contributed by atoms with Gasteiger partial charge in [0.15, 0.2) is 5.57 Å². The average molecular weight is 157 g/mol. The Balaban J connectivity index is 3.09. The Morgan fingerprint density at radius 3 is 2.64 bits per heavy atom. The molecule has 1 N–H and O–H groups in total. The zero-order valence-corrected chi connectivity index (χ0v) is 5.23. The number of rotatable bonds is 2. The van der Waals surface area contributed by atoms with E-state index in [1.165, 1.54) is 0 Å². The summed E-state index contributed by atoms with van der Waals surface area (Å²) in [5.74, 6) is -2.49. The van der Waals surface area contributed by atoms with Gasteiger partial charge in [-0.1, -0.05) is 0 Å². The second-order valence-corrected chi connectivity index (χ2v) is 1.79. The van der Waals surface area contributed by atoms with Crippen LogP contribution in [0.4, 0.5) is 0 Å². The quantitative estimate of drug-likeness (QED) is 0.336. The second kappa shape index (κ2) is 2.49. The van der Waals surface area contributed by atoms with Crippen molar-refractivity contribution < 1.29 is 19.4 Å². The van der Waals surface area contributed by atoms with Crippen LogP contribution in [0.15, 0.2) is 16.4 Å². The third-order valence-electron chi connectivity index (χ3n) is 1.16. The van der Waals surface area contributed by atoms with Gasteiger partial charge in [-0.3, -0.25) is 0 Å². The minimum absolute atomic E-state index is 0.343. The van der Waals surface area contributed by atoms with Crippen molar-refractivity contribution in [2.45, 2.75) is 0 Å². The summed E-state index contributed by atoms with van der Waals surface area (Å²) >= 11 is 0. The summed E-state index contributed by atoms with van der Waals surface area (Å²) in [6.07, 6.45) is 0. The predicted molar refractivity (Wildman–Crippen MR) is 31.4 cm³/mol. The lowest BCUT2D eigenvalue weighted by molar-refractivity contribution is -0.141. The summed E-state index contributed by atoms with van der Waals surface area (Å²) in [7, 11) is 0. The molecule has 0 saturated heterocycles. The molecule has 0 aliphatic carbocycles. The number of aliphatic carboxylic acids is 1. The summed E-state index contributed by atoms with van der Waals surface area (Å²) in [4.78, 5) is 30.6. The largest absolute Gasteiger partial charge is 0.477 e. The molecule has 1 aliphatic rings. The fourth-order valence-corrected chi connectivity index (χ4v) is 0.679. The van der Waals surface area contributed by atoms with Crippen LogP contribution in [0.3, 0.4) is 0 Å². The van der Waals surface area contributed by atoms with Crippen molar-refractivity contribution >= 4 is 11.9 Å². The number of hydrogen-bond acceptors (Lipinski definition) is 5. The van der Waals surface area contributed by atoms with Gasteiger partial charge in [-0.05, 0) is 5.18 Å². The molecule has 0 radical (unpaired) electrons. The zero-order chi connectivity index (χ0) is 8.43. The maximum atomic E-state index is 10.5. The van der Waals surface area contributed by atoms with Crippen LogP contribution in [0.1, 0.15) is 0 Å². The highest BCUT2D eigenvalue weighted by Crippen LogP contribution is 2.16. The van der Waals surface area contributed by atoms with E-state index < -0.39 is 17.5 Å². The van der Waals surface area contributed by atoms with Gasteiger partial charge < -0.3 is 9.84 Å². The Morgan fingerprint density at radius 1 is 1.64 bits per heavy atom. The first-order chi connectivity index (χ1) is 5.16. The Kier molecular flexibility index (Phi) is 1.67. The molecule has 58 valence electrons. The molecule has 11 heavy (non-hydrogen) atoms. The van der Waals surface area contributed by atoms with E-state index in [0.717, 1.165) is 0 Å². The van der Waals surface area contributed by atoms with Crippen molar-refractivity contribution in [1.29, 1.82) is 0 Å². The van der Waals surface area contributed by atoms with E-state index in [0.29, 0.717) is 0 Å². The lowest BCUT2D eigenvalue weighted by atomic mass is 10.2. The summed E-state index contributed by atoms with van der Waals surface area (Å²) in [6, 6.07) is 0. The number of carboxylic acid groups (broad SMARTS) is 1. The van der Waals surface area contributed by atoms with Gasteiger partial charge >= 0.3 is 11.9 Å². The van der Waals surface area contributed by atoms with E-state index in [9.17, 15) is 14.5 Å². The van der Waals surface area contributed by atoms with Gasteiger partial charge in [0.2, 0.25) is 0 Å². The standard InChI is InChI=1S/C5H3NO5/c7-4(8)3-2(6-10)1-11-5(3)9/h1H2,(H,7,8). The predicted octanol–water partition coefficient (Wildman–Crippen LogP) is -0.352. The number of esters is 1. The van der Waals surface area contributed by atoms with Crippen LogP contribution >= 0.6 is 0 Å². The molecule has 0 bridgehead atoms. The lowest BCUT2D eigenvalue weighted by Gasteiger charge is -1.87. The van der Waals surface area contributed by atoms with E-state index in [1.807, 2.05) is 0 Å². The number of carboxylic acids is 1. The van der Waals surface area contributed by atoms with Gasteiger partial charge in [-0.25, -0.2) is 9.59 Å². The molecule has 1 rings (SSSR count). The molecule has 0 fully saturated rings. The Morgan fingerprint density at radius 2 is 2.27 bits per heavy atom. The molecule has 0 amide bonds. The first-order valence-electron chi connectivity index (χ1n) is 2.63. The van der Waals surface area contributed by atoms with Gasteiger partial charge in [0.1, 0.15) is 12.3 Å². The molecule has 1 heterocycles. The SMILES string of the molecule is O=NC1=C(C(=O)O)C(=O)OC1. The third kappa shape index (κ3) is 1.09. The highest BCUT2D eigenvalue weighted by Gasteiger charge is 2.31. The van der Waals surface area contributed by atoms with E-state index in [2.05, 4.69) is 9.91 Å². The molecule has 1 aliphatic heterocycles. The van der Waals surface area contributed by atoms with Crippen LogP contribution in [0.25, 0.3) is 0 Å². The molecule has 0 unspecified atom stereocenters. The molecule has 0 saturated carbocycles. The number of ether oxygens (including phenoxy) is 1. The maximum Gasteiger partial charge on any atom is 0.348 e. The number of carbonyl (C=O) groups excluding carboxylic acids is 1. The molecule has 0 aromatic carbocycles. The summed E-state index contributed by atoms with van der Waals surface area (Å²) in [5.41, 5.74) is -1.03. The third-order valence-corrected chi connectivity index (χ3v) is 1.16. The zero-order valence-electron chi connectivity index (χ0n) is 5.23. The van der Waals surface area contributed by atoms with Gasteiger partial charge in [-0.15, -0.1) is 4.91 Å². The molecule has 0 aromatic rings. The maximum absolute atomic E-state index is 10.5. The highest BCUT2D eigenvalue weighted by atomic mass is 16.5. The van der Waals surface area contributed by atoms with Crippen molar-refractivity contribution in [3.8, 4) is 0 Å². The van der Waals surface area contributed by atoms with Crippen molar-refractivity contribution in [2.24, 2.45) is 5.18 Å². The van der Waals surface area contributed by atoms with Crippen molar-refractivity contribution in [1.82, 2.24) is 0 Å². The molecular formula is C5H3NO5. The van der Waals surface area contributed by atoms with Crippen molar-refractivity contribution in [3.63, 3.8) is 0 Å². The van der Waals surface area contributed by atoms with Gasteiger partial charge in [0.25, 0.3) is 0 Å². The fourth-order valence-electron chi connectivity index (χ4n) is 0.679. The lowest BCUT2D eigenvalue weighted by Crippen LogP contribution is -2.09. The molecule has 0 aromatic heterocycles. The van der Waals surface area contributed by atoms with Crippen molar-refractivity contribution in [2.75, 3.05) is 6.61 Å². The Hall–Kier alpha value is -1.72. The number of nitrogens with zero attached hydrogens (tertiary/aromatic N) is 1. The van der Waals surface area contributed by atoms with Crippen LogP contribution in [-0.2, 0) is 14.3 Å². The Labute approximate surface area is 60.4 Å². The fraction of sp³-hybridized carbons (Fsp3) is 0.200. The minimum atomic E-state index is -1.48. The normalized spacial score (nSPS) is 16.5. The summed E-state index contributed by atoms with van der Waals surface area (Å²) < 4.78 is 4.24. The first-order valence-corrected chi connectivity index (χ1v) is 2.63. The van der Waals surface area contributed by atoms with Crippen LogP contribution in [0.2, 0.25) is 0 Å². The monoisotopic (exact) mass is 157 g/mol. The van der Waals surface area contributed by atoms with Crippen LogP contribution in [0.5, 0.6) is 0 Å². The number of hydrogen-bond donors (Lipinski definition) is 1. The Bertz CT molecular complexity index is 266. The molecule has 6 nitrogen and oxygen atoms in total. The van der Waals surface area contributed by atoms with E-state index in [1.54, 1.807) is 0 Å². The first kappa shape index (κ1) is 7.39. The number of cyclic esters (lactones) is 1. The van der Waals surface area contributed by atoms with E-state index in [-0.39, 0.29) is 12.3 Å². The molecule has 0 spiro atoms. The van der Waals surface area contributed by atoms with Gasteiger partial charge in [0.05, 0.1) is 0 Å².